The Kier molecular flexibility index (Phi) is 5.63. The van der Waals surface area contributed by atoms with E-state index in [2.05, 4.69) is 5.32 Å². The molecule has 0 radical (unpaired) electrons. The summed E-state index contributed by atoms with van der Waals surface area (Å²) in [5.74, 6) is -0.467. The predicted octanol–water partition coefficient (Wildman–Crippen LogP) is 2.55. The first-order valence-electron chi connectivity index (χ1n) is 9.22. The lowest BCUT2D eigenvalue weighted by Crippen LogP contribution is -2.29. The number of hydrogen-bond donors (Lipinski definition) is 1. The van der Waals surface area contributed by atoms with Gasteiger partial charge in [0.2, 0.25) is 5.91 Å². The molecule has 1 N–H and O–H groups in total. The van der Waals surface area contributed by atoms with Crippen LogP contribution in [0, 0.1) is 0 Å². The maximum absolute atomic E-state index is 12.8. The summed E-state index contributed by atoms with van der Waals surface area (Å²) in [6, 6.07) is 14.2. The quantitative estimate of drug-likeness (QED) is 0.714. The summed E-state index contributed by atoms with van der Waals surface area (Å²) in [5, 5.41) is 2.78. The standard InChI is InChI=1S/C21H24N4O3/c1-4-12-24-17-10-5-6-11-18(17)25(21(24)28)14-19(26)22-16-9-7-8-15(13-16)20(27)23(2)3/h5-11,13H,4,12,14H2,1-3H3,(H,22,26). The summed E-state index contributed by atoms with van der Waals surface area (Å²) in [5.41, 5.74) is 2.35. The van der Waals surface area contributed by atoms with Crippen molar-refractivity contribution in [1.29, 1.82) is 0 Å². The highest BCUT2D eigenvalue weighted by molar-refractivity contribution is 5.97. The van der Waals surface area contributed by atoms with Crippen molar-refractivity contribution in [3.8, 4) is 0 Å². The number of rotatable bonds is 6. The Bertz CT molecular complexity index is 1080. The Balaban J connectivity index is 1.85. The van der Waals surface area contributed by atoms with Gasteiger partial charge >= 0.3 is 5.69 Å². The maximum Gasteiger partial charge on any atom is 0.329 e. The predicted molar refractivity (Wildman–Crippen MR) is 110 cm³/mol. The molecular formula is C21H24N4O3. The zero-order chi connectivity index (χ0) is 20.3. The van der Waals surface area contributed by atoms with E-state index in [1.54, 1.807) is 42.9 Å². The van der Waals surface area contributed by atoms with Crippen molar-refractivity contribution in [3.63, 3.8) is 0 Å². The fourth-order valence-corrected chi connectivity index (χ4v) is 3.20. The second kappa shape index (κ2) is 8.12. The number of benzene rings is 2. The van der Waals surface area contributed by atoms with Crippen molar-refractivity contribution in [2.75, 3.05) is 19.4 Å². The lowest BCUT2D eigenvalue weighted by Gasteiger charge is -2.12. The summed E-state index contributed by atoms with van der Waals surface area (Å²) >= 11 is 0. The van der Waals surface area contributed by atoms with E-state index < -0.39 is 0 Å². The molecule has 3 rings (SSSR count). The molecule has 2 amide bonds. The Labute approximate surface area is 163 Å². The van der Waals surface area contributed by atoms with Gasteiger partial charge in [-0.1, -0.05) is 25.1 Å². The van der Waals surface area contributed by atoms with Gasteiger partial charge in [0.05, 0.1) is 11.0 Å². The SMILES string of the molecule is CCCn1c(=O)n(CC(=O)Nc2cccc(C(=O)N(C)C)c2)c2ccccc21. The van der Waals surface area contributed by atoms with Crippen molar-refractivity contribution in [2.45, 2.75) is 26.4 Å². The molecule has 0 saturated heterocycles. The molecular weight excluding hydrogens is 356 g/mol. The van der Waals surface area contributed by atoms with Crippen LogP contribution in [-0.4, -0.2) is 39.9 Å². The molecule has 0 spiro atoms. The van der Waals surface area contributed by atoms with Crippen molar-refractivity contribution in [2.24, 2.45) is 0 Å². The van der Waals surface area contributed by atoms with Crippen LogP contribution < -0.4 is 11.0 Å². The number of nitrogens with one attached hydrogen (secondary N) is 1. The van der Waals surface area contributed by atoms with Crippen LogP contribution in [0.2, 0.25) is 0 Å². The Morgan fingerprint density at radius 2 is 1.68 bits per heavy atom. The number of fused-ring (bicyclic) bond motifs is 1. The van der Waals surface area contributed by atoms with E-state index in [0.29, 0.717) is 17.8 Å². The number of aryl methyl sites for hydroxylation is 1. The molecule has 0 aliphatic carbocycles. The minimum absolute atomic E-state index is 0.0953. The normalized spacial score (nSPS) is 10.8. The van der Waals surface area contributed by atoms with Gasteiger partial charge in [-0.15, -0.1) is 0 Å². The summed E-state index contributed by atoms with van der Waals surface area (Å²) in [7, 11) is 3.35. The van der Waals surface area contributed by atoms with Crippen LogP contribution in [0.15, 0.2) is 53.3 Å². The minimum atomic E-state index is -0.323. The van der Waals surface area contributed by atoms with Crippen molar-refractivity contribution < 1.29 is 9.59 Å². The van der Waals surface area contributed by atoms with E-state index in [1.165, 1.54) is 9.47 Å². The molecule has 0 saturated carbocycles. The van der Waals surface area contributed by atoms with Crippen LogP contribution in [0.3, 0.4) is 0 Å². The highest BCUT2D eigenvalue weighted by Gasteiger charge is 2.15. The zero-order valence-electron chi connectivity index (χ0n) is 16.3. The number of hydrogen-bond acceptors (Lipinski definition) is 3. The van der Waals surface area contributed by atoms with Gasteiger partial charge in [-0.2, -0.15) is 0 Å². The molecule has 7 nitrogen and oxygen atoms in total. The molecule has 3 aromatic rings. The monoisotopic (exact) mass is 380 g/mol. The largest absolute Gasteiger partial charge is 0.345 e. The van der Waals surface area contributed by atoms with E-state index >= 15 is 0 Å². The number of amides is 2. The number of carbonyl (C=O) groups is 2. The minimum Gasteiger partial charge on any atom is -0.345 e. The number of imidazole rings is 1. The summed E-state index contributed by atoms with van der Waals surface area (Å²) in [6.07, 6.45) is 0.826. The zero-order valence-corrected chi connectivity index (χ0v) is 16.3. The van der Waals surface area contributed by atoms with Crippen molar-refractivity contribution in [3.05, 3.63) is 64.6 Å². The average molecular weight is 380 g/mol. The Morgan fingerprint density at radius 1 is 1.00 bits per heavy atom. The molecule has 0 aliphatic heterocycles. The summed E-state index contributed by atoms with van der Waals surface area (Å²) < 4.78 is 3.17. The first kappa shape index (κ1) is 19.4. The number of aromatic nitrogens is 2. The van der Waals surface area contributed by atoms with Crippen LogP contribution in [0.5, 0.6) is 0 Å². The third kappa shape index (κ3) is 3.83. The van der Waals surface area contributed by atoms with Gasteiger partial charge in [-0.25, -0.2) is 4.79 Å². The molecule has 0 fully saturated rings. The van der Waals surface area contributed by atoms with Crippen LogP contribution in [0.25, 0.3) is 11.0 Å². The van der Waals surface area contributed by atoms with E-state index in [9.17, 15) is 14.4 Å². The van der Waals surface area contributed by atoms with Gasteiger partial charge < -0.3 is 10.2 Å². The van der Waals surface area contributed by atoms with Gasteiger partial charge in [-0.05, 0) is 36.8 Å². The molecule has 1 heterocycles. The fourth-order valence-electron chi connectivity index (χ4n) is 3.20. The summed E-state index contributed by atoms with van der Waals surface area (Å²) in [6.45, 7) is 2.51. The molecule has 0 bridgehead atoms. The molecule has 28 heavy (non-hydrogen) atoms. The van der Waals surface area contributed by atoms with E-state index in [-0.39, 0.29) is 24.0 Å². The van der Waals surface area contributed by atoms with Gasteiger partial charge in [0.25, 0.3) is 5.91 Å². The van der Waals surface area contributed by atoms with Gasteiger partial charge in [-0.3, -0.25) is 18.7 Å². The highest BCUT2D eigenvalue weighted by Crippen LogP contribution is 2.15. The number of nitrogens with zero attached hydrogens (tertiary/aromatic N) is 3. The number of anilines is 1. The second-order valence-corrected chi connectivity index (χ2v) is 6.84. The fraction of sp³-hybridized carbons (Fsp3) is 0.286. The Morgan fingerprint density at radius 3 is 2.32 bits per heavy atom. The lowest BCUT2D eigenvalue weighted by atomic mass is 10.2. The van der Waals surface area contributed by atoms with Crippen LogP contribution in [0.4, 0.5) is 5.69 Å². The molecule has 2 aromatic carbocycles. The number of para-hydroxylation sites is 2. The highest BCUT2D eigenvalue weighted by atomic mass is 16.2. The molecule has 146 valence electrons. The van der Waals surface area contributed by atoms with E-state index in [0.717, 1.165) is 17.5 Å². The van der Waals surface area contributed by atoms with Crippen molar-refractivity contribution in [1.82, 2.24) is 14.0 Å². The lowest BCUT2D eigenvalue weighted by molar-refractivity contribution is -0.116. The van der Waals surface area contributed by atoms with E-state index in [1.807, 2.05) is 31.2 Å². The van der Waals surface area contributed by atoms with Gasteiger partial charge in [0, 0.05) is 31.9 Å². The Hall–Kier alpha value is -3.35. The molecule has 0 atom stereocenters. The second-order valence-electron chi connectivity index (χ2n) is 6.84. The van der Waals surface area contributed by atoms with Crippen LogP contribution in [-0.2, 0) is 17.9 Å². The summed E-state index contributed by atoms with van der Waals surface area (Å²) in [4.78, 5) is 38.9. The van der Waals surface area contributed by atoms with Crippen molar-refractivity contribution >= 4 is 28.5 Å². The van der Waals surface area contributed by atoms with Gasteiger partial charge in [0.15, 0.2) is 0 Å². The first-order valence-corrected chi connectivity index (χ1v) is 9.22. The van der Waals surface area contributed by atoms with E-state index in [4.69, 9.17) is 0 Å². The van der Waals surface area contributed by atoms with Gasteiger partial charge in [0.1, 0.15) is 6.54 Å². The third-order valence-corrected chi connectivity index (χ3v) is 4.47. The number of carbonyl (C=O) groups excluding carboxylic acids is 2. The average Bonchev–Trinajstić information content (AvgIpc) is 2.94. The molecule has 0 unspecified atom stereocenters. The first-order chi connectivity index (χ1) is 13.4. The molecule has 7 heteroatoms. The maximum atomic E-state index is 12.8. The third-order valence-electron chi connectivity index (χ3n) is 4.47. The molecule has 1 aromatic heterocycles. The smallest absolute Gasteiger partial charge is 0.329 e. The molecule has 0 aliphatic rings. The van der Waals surface area contributed by atoms with Crippen LogP contribution >= 0.6 is 0 Å². The topological polar surface area (TPSA) is 76.3 Å². The van der Waals surface area contributed by atoms with Crippen LogP contribution in [0.1, 0.15) is 23.7 Å².